The van der Waals surface area contributed by atoms with Gasteiger partial charge in [-0.25, -0.2) is 9.97 Å². The van der Waals surface area contributed by atoms with E-state index in [4.69, 9.17) is 5.73 Å². The molecule has 8 heteroatoms. The monoisotopic (exact) mass is 374 g/mol. The molecule has 1 aliphatic rings. The van der Waals surface area contributed by atoms with E-state index < -0.39 is 6.36 Å². The molecule has 5 nitrogen and oxygen atoms in total. The number of aromatic nitrogens is 2. The maximum atomic E-state index is 12.2. The molecule has 2 N–H and O–H groups in total. The van der Waals surface area contributed by atoms with Crippen LogP contribution in [0.2, 0.25) is 0 Å². The number of hydrogen-bond acceptors (Lipinski definition) is 5. The van der Waals surface area contributed by atoms with Crippen molar-refractivity contribution < 1.29 is 17.9 Å². The molecule has 0 bridgehead atoms. The minimum Gasteiger partial charge on any atom is -0.406 e. The fourth-order valence-electron chi connectivity index (χ4n) is 3.27. The summed E-state index contributed by atoms with van der Waals surface area (Å²) in [6, 6.07) is 11.7. The number of nitrogen functional groups attached to an aromatic ring is 1. The van der Waals surface area contributed by atoms with Crippen LogP contribution in [-0.2, 0) is 19.5 Å². The number of anilines is 1. The highest BCUT2D eigenvalue weighted by atomic mass is 19.4. The Morgan fingerprint density at radius 2 is 1.85 bits per heavy atom. The highest BCUT2D eigenvalue weighted by molar-refractivity contribution is 5.77. The number of nitrogens with two attached hydrogens (primary N) is 1. The van der Waals surface area contributed by atoms with Gasteiger partial charge >= 0.3 is 6.36 Å². The lowest BCUT2D eigenvalue weighted by atomic mass is 10.0. The molecule has 0 saturated heterocycles. The number of alkyl halides is 3. The van der Waals surface area contributed by atoms with Gasteiger partial charge in [0.25, 0.3) is 0 Å². The number of hydrogen-bond donors (Lipinski definition) is 1. The second kappa shape index (κ2) is 6.70. The summed E-state index contributed by atoms with van der Waals surface area (Å²) >= 11 is 0. The Kier molecular flexibility index (Phi) is 4.35. The lowest BCUT2D eigenvalue weighted by Gasteiger charge is -2.28. The minimum atomic E-state index is -4.67. The van der Waals surface area contributed by atoms with Gasteiger partial charge in [-0.05, 0) is 41.5 Å². The van der Waals surface area contributed by atoms with Crippen molar-refractivity contribution in [1.29, 1.82) is 0 Å². The fraction of sp³-hybridized carbons (Fsp3) is 0.263. The standard InChI is InChI=1S/C19H17F3N4O/c20-19(21,22)27-15-4-1-12(2-5-15)10-26-8-7-16-14(11-26)9-13-3-6-17(23)25-18(13)24-16/h1-6,9H,7-8,10-11H2,(H2,23,24,25). The van der Waals surface area contributed by atoms with E-state index in [9.17, 15) is 13.2 Å². The first-order valence-corrected chi connectivity index (χ1v) is 8.48. The normalized spacial score (nSPS) is 14.9. The summed E-state index contributed by atoms with van der Waals surface area (Å²) in [5.74, 6) is 0.239. The molecule has 4 rings (SSSR count). The summed E-state index contributed by atoms with van der Waals surface area (Å²) in [6.07, 6.45) is -3.88. The molecule has 0 amide bonds. The number of halogens is 3. The maximum absolute atomic E-state index is 12.2. The minimum absolute atomic E-state index is 0.210. The van der Waals surface area contributed by atoms with Gasteiger partial charge < -0.3 is 10.5 Å². The third-order valence-electron chi connectivity index (χ3n) is 4.49. The van der Waals surface area contributed by atoms with Crippen molar-refractivity contribution >= 4 is 16.9 Å². The highest BCUT2D eigenvalue weighted by Crippen LogP contribution is 2.25. The number of fused-ring (bicyclic) bond motifs is 2. The zero-order valence-corrected chi connectivity index (χ0v) is 14.3. The van der Waals surface area contributed by atoms with Crippen molar-refractivity contribution in [3.8, 4) is 5.75 Å². The predicted octanol–water partition coefficient (Wildman–Crippen LogP) is 3.67. The number of benzene rings is 1. The second-order valence-electron chi connectivity index (χ2n) is 6.53. The van der Waals surface area contributed by atoms with Crippen LogP contribution in [0.1, 0.15) is 16.8 Å². The van der Waals surface area contributed by atoms with E-state index in [1.165, 1.54) is 12.1 Å². The van der Waals surface area contributed by atoms with E-state index in [0.717, 1.165) is 41.7 Å². The smallest absolute Gasteiger partial charge is 0.406 e. The lowest BCUT2D eigenvalue weighted by molar-refractivity contribution is -0.274. The van der Waals surface area contributed by atoms with Crippen LogP contribution in [0.4, 0.5) is 19.0 Å². The third-order valence-corrected chi connectivity index (χ3v) is 4.49. The topological polar surface area (TPSA) is 64.3 Å². The SMILES string of the molecule is Nc1ccc2cc3c(nc2n1)CCN(Cc1ccc(OC(F)(F)F)cc1)C3. The van der Waals surface area contributed by atoms with Gasteiger partial charge in [0.2, 0.25) is 0 Å². The van der Waals surface area contributed by atoms with E-state index >= 15 is 0 Å². The number of nitrogens with zero attached hydrogens (tertiary/aromatic N) is 3. The summed E-state index contributed by atoms with van der Waals surface area (Å²) in [5.41, 5.74) is 9.46. The van der Waals surface area contributed by atoms with Gasteiger partial charge in [-0.3, -0.25) is 4.90 Å². The molecule has 0 fully saturated rings. The molecule has 3 heterocycles. The van der Waals surface area contributed by atoms with Crippen LogP contribution in [0.5, 0.6) is 5.75 Å². The molecular weight excluding hydrogens is 357 g/mol. The van der Waals surface area contributed by atoms with Crippen LogP contribution in [-0.4, -0.2) is 27.8 Å². The van der Waals surface area contributed by atoms with E-state index in [0.29, 0.717) is 18.0 Å². The van der Waals surface area contributed by atoms with E-state index in [2.05, 4.69) is 25.7 Å². The first-order valence-electron chi connectivity index (χ1n) is 8.48. The predicted molar refractivity (Wildman–Crippen MR) is 94.9 cm³/mol. The second-order valence-corrected chi connectivity index (χ2v) is 6.53. The number of rotatable bonds is 3. The first-order chi connectivity index (χ1) is 12.9. The zero-order chi connectivity index (χ0) is 19.0. The summed E-state index contributed by atoms with van der Waals surface area (Å²) in [7, 11) is 0. The average molecular weight is 374 g/mol. The lowest BCUT2D eigenvalue weighted by Crippen LogP contribution is -2.30. The van der Waals surface area contributed by atoms with Crippen molar-refractivity contribution in [3.63, 3.8) is 0 Å². The van der Waals surface area contributed by atoms with E-state index in [-0.39, 0.29) is 5.75 Å². The Bertz CT molecular complexity index is 973. The van der Waals surface area contributed by atoms with Gasteiger partial charge in [-0.2, -0.15) is 0 Å². The Morgan fingerprint density at radius 1 is 1.07 bits per heavy atom. The van der Waals surface area contributed by atoms with Gasteiger partial charge in [-0.15, -0.1) is 13.2 Å². The molecule has 0 unspecified atom stereocenters. The number of pyridine rings is 2. The molecule has 27 heavy (non-hydrogen) atoms. The number of ether oxygens (including phenoxy) is 1. The van der Waals surface area contributed by atoms with Crippen molar-refractivity contribution in [1.82, 2.24) is 14.9 Å². The summed E-state index contributed by atoms with van der Waals surface area (Å²) in [4.78, 5) is 11.1. The van der Waals surface area contributed by atoms with Crippen molar-refractivity contribution in [2.24, 2.45) is 0 Å². The largest absolute Gasteiger partial charge is 0.573 e. The van der Waals surface area contributed by atoms with Crippen LogP contribution in [0.3, 0.4) is 0 Å². The molecule has 3 aromatic rings. The molecule has 2 aromatic heterocycles. The molecule has 0 radical (unpaired) electrons. The van der Waals surface area contributed by atoms with E-state index in [1.54, 1.807) is 18.2 Å². The van der Waals surface area contributed by atoms with Crippen LogP contribution in [0.25, 0.3) is 11.0 Å². The van der Waals surface area contributed by atoms with Gasteiger partial charge in [0.15, 0.2) is 5.65 Å². The van der Waals surface area contributed by atoms with Crippen LogP contribution >= 0.6 is 0 Å². The molecular formula is C19H17F3N4O. The molecule has 0 atom stereocenters. The van der Waals surface area contributed by atoms with E-state index in [1.807, 2.05) is 6.07 Å². The average Bonchev–Trinajstić information content (AvgIpc) is 2.60. The van der Waals surface area contributed by atoms with Gasteiger partial charge in [0.05, 0.1) is 0 Å². The first kappa shape index (κ1) is 17.5. The van der Waals surface area contributed by atoms with Gasteiger partial charge in [0.1, 0.15) is 11.6 Å². The quantitative estimate of drug-likeness (QED) is 0.758. The Balaban J connectivity index is 1.47. The zero-order valence-electron chi connectivity index (χ0n) is 14.3. The van der Waals surface area contributed by atoms with Crippen LogP contribution in [0, 0.1) is 0 Å². The van der Waals surface area contributed by atoms with Crippen molar-refractivity contribution in [2.45, 2.75) is 25.9 Å². The Labute approximate surface area is 153 Å². The molecule has 140 valence electrons. The van der Waals surface area contributed by atoms with Crippen LogP contribution < -0.4 is 10.5 Å². The van der Waals surface area contributed by atoms with Crippen molar-refractivity contribution in [3.05, 3.63) is 59.3 Å². The van der Waals surface area contributed by atoms with Crippen molar-refractivity contribution in [2.75, 3.05) is 12.3 Å². The van der Waals surface area contributed by atoms with Crippen LogP contribution in [0.15, 0.2) is 42.5 Å². The maximum Gasteiger partial charge on any atom is 0.573 e. The van der Waals surface area contributed by atoms with Gasteiger partial charge in [0, 0.05) is 37.1 Å². The Hall–Kier alpha value is -2.87. The molecule has 0 aliphatic carbocycles. The molecule has 0 saturated carbocycles. The molecule has 1 aliphatic heterocycles. The fourth-order valence-corrected chi connectivity index (χ4v) is 3.27. The van der Waals surface area contributed by atoms with Gasteiger partial charge in [-0.1, -0.05) is 12.1 Å². The summed E-state index contributed by atoms with van der Waals surface area (Å²) < 4.78 is 40.6. The molecule has 0 spiro atoms. The highest BCUT2D eigenvalue weighted by Gasteiger charge is 2.31. The summed E-state index contributed by atoms with van der Waals surface area (Å²) in [6.45, 7) is 2.18. The third kappa shape index (κ3) is 4.11. The molecule has 1 aromatic carbocycles. The Morgan fingerprint density at radius 3 is 2.59 bits per heavy atom. The summed E-state index contributed by atoms with van der Waals surface area (Å²) in [5, 5.41) is 0.943.